The van der Waals surface area contributed by atoms with Gasteiger partial charge < -0.3 is 4.90 Å². The van der Waals surface area contributed by atoms with Crippen LogP contribution in [0.15, 0.2) is 18.2 Å². The van der Waals surface area contributed by atoms with Gasteiger partial charge in [0.1, 0.15) is 0 Å². The van der Waals surface area contributed by atoms with Gasteiger partial charge in [-0.1, -0.05) is 26.8 Å². The van der Waals surface area contributed by atoms with Crippen LogP contribution in [0.4, 0.5) is 11.4 Å². The molecule has 5 heteroatoms. The summed E-state index contributed by atoms with van der Waals surface area (Å²) in [6.45, 7) is 8.45. The fourth-order valence-corrected chi connectivity index (χ4v) is 3.45. The molecule has 0 aliphatic carbocycles. The van der Waals surface area contributed by atoms with Crippen molar-refractivity contribution in [1.29, 1.82) is 0 Å². The number of nitrogens with zero attached hydrogens (tertiary/aromatic N) is 2. The monoisotopic (exact) mass is 324 g/mol. The van der Waals surface area contributed by atoms with Gasteiger partial charge in [-0.05, 0) is 42.4 Å². The topological polar surface area (TPSA) is 40.6 Å². The van der Waals surface area contributed by atoms with Crippen LogP contribution >= 0.6 is 0 Å². The van der Waals surface area contributed by atoms with Gasteiger partial charge in [-0.25, -0.2) is 8.42 Å². The Balaban J connectivity index is 2.50. The molecule has 1 fully saturated rings. The van der Waals surface area contributed by atoms with E-state index in [1.54, 1.807) is 7.05 Å². The first-order chi connectivity index (χ1) is 10.1. The standard InChI is InChI=1S/C17H28N2O2S/c1-17(2,3)15-10-9-14(19-11-7-6-8-12-19)13-16(15)18(4)22(5,20)21/h9-10,13H,6-8,11-12H2,1-5H3. The molecule has 1 aliphatic heterocycles. The van der Waals surface area contributed by atoms with Gasteiger partial charge in [0.25, 0.3) is 0 Å². The third-order valence-corrected chi connectivity index (χ3v) is 5.54. The van der Waals surface area contributed by atoms with Gasteiger partial charge in [-0.15, -0.1) is 0 Å². The van der Waals surface area contributed by atoms with Gasteiger partial charge in [0, 0.05) is 25.8 Å². The van der Waals surface area contributed by atoms with Crippen molar-refractivity contribution >= 4 is 21.4 Å². The smallest absolute Gasteiger partial charge is 0.232 e. The Labute approximate surface area is 135 Å². The number of hydrogen-bond acceptors (Lipinski definition) is 3. The molecule has 1 aliphatic rings. The molecular weight excluding hydrogens is 296 g/mol. The number of piperidine rings is 1. The van der Waals surface area contributed by atoms with Crippen molar-refractivity contribution in [3.63, 3.8) is 0 Å². The SMILES string of the molecule is CN(c1cc(N2CCCCC2)ccc1C(C)(C)C)S(C)(=O)=O. The van der Waals surface area contributed by atoms with Crippen LogP contribution in [0.25, 0.3) is 0 Å². The molecule has 0 aromatic heterocycles. The van der Waals surface area contributed by atoms with Gasteiger partial charge in [-0.3, -0.25) is 4.31 Å². The first-order valence-electron chi connectivity index (χ1n) is 7.94. The van der Waals surface area contributed by atoms with Crippen LogP contribution in [0.1, 0.15) is 45.6 Å². The highest BCUT2D eigenvalue weighted by Crippen LogP contribution is 2.36. The molecule has 22 heavy (non-hydrogen) atoms. The first-order valence-corrected chi connectivity index (χ1v) is 9.79. The Hall–Kier alpha value is -1.23. The summed E-state index contributed by atoms with van der Waals surface area (Å²) in [4.78, 5) is 2.36. The van der Waals surface area contributed by atoms with E-state index < -0.39 is 10.0 Å². The molecule has 2 rings (SSSR count). The van der Waals surface area contributed by atoms with E-state index in [1.807, 2.05) is 6.07 Å². The zero-order valence-electron chi connectivity index (χ0n) is 14.4. The normalized spacial score (nSPS) is 16.7. The van der Waals surface area contributed by atoms with Crippen molar-refractivity contribution in [2.45, 2.75) is 45.4 Å². The second-order valence-electron chi connectivity index (χ2n) is 7.23. The minimum atomic E-state index is -3.27. The van der Waals surface area contributed by atoms with Gasteiger partial charge in [0.05, 0.1) is 11.9 Å². The second kappa shape index (κ2) is 6.11. The molecule has 0 radical (unpaired) electrons. The Bertz CT molecular complexity index is 627. The lowest BCUT2D eigenvalue weighted by Gasteiger charge is -2.32. The molecule has 0 saturated carbocycles. The number of hydrogen-bond donors (Lipinski definition) is 0. The van der Waals surface area contributed by atoms with Crippen molar-refractivity contribution in [1.82, 2.24) is 0 Å². The molecule has 0 N–H and O–H groups in total. The van der Waals surface area contributed by atoms with E-state index in [1.165, 1.54) is 29.8 Å². The zero-order chi connectivity index (χ0) is 16.5. The average Bonchev–Trinajstić information content (AvgIpc) is 2.45. The highest BCUT2D eigenvalue weighted by molar-refractivity contribution is 7.92. The minimum Gasteiger partial charge on any atom is -0.371 e. The van der Waals surface area contributed by atoms with Crippen molar-refractivity contribution in [2.75, 3.05) is 35.6 Å². The molecule has 0 bridgehead atoms. The molecule has 1 aromatic carbocycles. The number of anilines is 2. The van der Waals surface area contributed by atoms with Crippen molar-refractivity contribution in [3.05, 3.63) is 23.8 Å². The highest BCUT2D eigenvalue weighted by atomic mass is 32.2. The Kier molecular flexibility index (Phi) is 4.76. The van der Waals surface area contributed by atoms with Crippen LogP contribution in [0.5, 0.6) is 0 Å². The van der Waals surface area contributed by atoms with Crippen LogP contribution in [0, 0.1) is 0 Å². The zero-order valence-corrected chi connectivity index (χ0v) is 15.2. The Morgan fingerprint density at radius 3 is 2.18 bits per heavy atom. The summed E-state index contributed by atoms with van der Waals surface area (Å²) in [5.41, 5.74) is 2.87. The van der Waals surface area contributed by atoms with Crippen LogP contribution < -0.4 is 9.21 Å². The van der Waals surface area contributed by atoms with E-state index in [4.69, 9.17) is 0 Å². The number of rotatable bonds is 3. The van der Waals surface area contributed by atoms with Crippen LogP contribution in [0.3, 0.4) is 0 Å². The molecule has 1 aromatic rings. The lowest BCUT2D eigenvalue weighted by Crippen LogP contribution is -2.31. The third-order valence-electron chi connectivity index (χ3n) is 4.35. The Morgan fingerprint density at radius 1 is 1.09 bits per heavy atom. The lowest BCUT2D eigenvalue weighted by molar-refractivity contribution is 0.575. The molecule has 0 spiro atoms. The number of sulfonamides is 1. The molecule has 1 heterocycles. The highest BCUT2D eigenvalue weighted by Gasteiger charge is 2.25. The van der Waals surface area contributed by atoms with Crippen molar-refractivity contribution in [3.8, 4) is 0 Å². The molecule has 0 atom stereocenters. The summed E-state index contributed by atoms with van der Waals surface area (Å²) in [7, 11) is -1.63. The summed E-state index contributed by atoms with van der Waals surface area (Å²) in [6.07, 6.45) is 4.95. The van der Waals surface area contributed by atoms with Crippen LogP contribution in [0.2, 0.25) is 0 Å². The third kappa shape index (κ3) is 3.75. The van der Waals surface area contributed by atoms with Gasteiger partial charge in [-0.2, -0.15) is 0 Å². The van der Waals surface area contributed by atoms with E-state index in [2.05, 4.69) is 37.8 Å². The number of benzene rings is 1. The van der Waals surface area contributed by atoms with Crippen LogP contribution in [-0.4, -0.2) is 34.8 Å². The molecular formula is C17H28N2O2S. The molecule has 4 nitrogen and oxygen atoms in total. The first kappa shape index (κ1) is 17.1. The summed E-state index contributed by atoms with van der Waals surface area (Å²) in [5.74, 6) is 0. The van der Waals surface area contributed by atoms with Gasteiger partial charge in [0.2, 0.25) is 10.0 Å². The maximum Gasteiger partial charge on any atom is 0.232 e. The maximum absolute atomic E-state index is 12.0. The minimum absolute atomic E-state index is 0.102. The lowest BCUT2D eigenvalue weighted by atomic mass is 9.85. The summed E-state index contributed by atoms with van der Waals surface area (Å²) >= 11 is 0. The molecule has 1 saturated heterocycles. The van der Waals surface area contributed by atoms with Gasteiger partial charge in [0.15, 0.2) is 0 Å². The molecule has 0 unspecified atom stereocenters. The van der Waals surface area contributed by atoms with E-state index >= 15 is 0 Å². The fourth-order valence-electron chi connectivity index (χ4n) is 2.94. The van der Waals surface area contributed by atoms with E-state index in [0.29, 0.717) is 0 Å². The van der Waals surface area contributed by atoms with E-state index in [0.717, 1.165) is 30.0 Å². The van der Waals surface area contributed by atoms with Crippen molar-refractivity contribution < 1.29 is 8.42 Å². The summed E-state index contributed by atoms with van der Waals surface area (Å²) < 4.78 is 25.4. The molecule has 124 valence electrons. The van der Waals surface area contributed by atoms with Gasteiger partial charge >= 0.3 is 0 Å². The predicted octanol–water partition coefficient (Wildman–Crippen LogP) is 3.37. The predicted molar refractivity (Wildman–Crippen MR) is 94.5 cm³/mol. The van der Waals surface area contributed by atoms with E-state index in [9.17, 15) is 8.42 Å². The largest absolute Gasteiger partial charge is 0.371 e. The Morgan fingerprint density at radius 2 is 1.68 bits per heavy atom. The quantitative estimate of drug-likeness (QED) is 0.856. The van der Waals surface area contributed by atoms with E-state index in [-0.39, 0.29) is 5.41 Å². The molecule has 0 amide bonds. The average molecular weight is 324 g/mol. The maximum atomic E-state index is 12.0. The summed E-state index contributed by atoms with van der Waals surface area (Å²) in [5, 5.41) is 0. The fraction of sp³-hybridized carbons (Fsp3) is 0.647. The summed E-state index contributed by atoms with van der Waals surface area (Å²) in [6, 6.07) is 6.25. The van der Waals surface area contributed by atoms with Crippen LogP contribution in [-0.2, 0) is 15.4 Å². The van der Waals surface area contributed by atoms with Crippen molar-refractivity contribution in [2.24, 2.45) is 0 Å². The second-order valence-corrected chi connectivity index (χ2v) is 9.24.